The Morgan fingerprint density at radius 1 is 1.21 bits per heavy atom. The van der Waals surface area contributed by atoms with Gasteiger partial charge in [0.05, 0.1) is 5.60 Å². The summed E-state index contributed by atoms with van der Waals surface area (Å²) in [5, 5.41) is 9.85. The van der Waals surface area contributed by atoms with Crippen LogP contribution in [0.3, 0.4) is 0 Å². The first-order valence-corrected chi connectivity index (χ1v) is 6.91. The maximum Gasteiger partial charge on any atom is 0.0718 e. The Kier molecular flexibility index (Phi) is 4.02. The first-order valence-electron chi connectivity index (χ1n) is 6.91. The molecule has 106 valence electrons. The van der Waals surface area contributed by atoms with E-state index in [-0.39, 0.29) is 0 Å². The number of hydrogen-bond donors (Lipinski definition) is 2. The van der Waals surface area contributed by atoms with Gasteiger partial charge in [-0.05, 0) is 38.5 Å². The summed E-state index contributed by atoms with van der Waals surface area (Å²) in [5.41, 5.74) is 8.54. The van der Waals surface area contributed by atoms with Crippen molar-refractivity contribution in [3.63, 3.8) is 0 Å². The van der Waals surface area contributed by atoms with E-state index in [2.05, 4.69) is 28.0 Å². The highest BCUT2D eigenvalue weighted by atomic mass is 16.3. The van der Waals surface area contributed by atoms with E-state index in [0.717, 1.165) is 44.0 Å². The summed E-state index contributed by atoms with van der Waals surface area (Å²) >= 11 is 0. The standard InChI is InChI=1S/C15H25N3O/c1-12-4-5-13(10-14(12)16)18-8-6-17(7-9-18)11-15(2,3)19/h4-5,10,19H,6-9,11,16H2,1-3H3. The molecule has 1 heterocycles. The number of benzene rings is 1. The van der Waals surface area contributed by atoms with Crippen molar-refractivity contribution in [2.24, 2.45) is 0 Å². The normalized spacial score (nSPS) is 17.8. The molecule has 0 spiro atoms. The third-order valence-corrected chi connectivity index (χ3v) is 3.61. The van der Waals surface area contributed by atoms with E-state index in [1.807, 2.05) is 20.8 Å². The summed E-state index contributed by atoms with van der Waals surface area (Å²) < 4.78 is 0. The molecule has 0 saturated carbocycles. The van der Waals surface area contributed by atoms with E-state index >= 15 is 0 Å². The fourth-order valence-electron chi connectivity index (χ4n) is 2.54. The van der Waals surface area contributed by atoms with Gasteiger partial charge >= 0.3 is 0 Å². The zero-order valence-corrected chi connectivity index (χ0v) is 12.2. The van der Waals surface area contributed by atoms with E-state index in [1.54, 1.807) is 0 Å². The topological polar surface area (TPSA) is 52.7 Å². The van der Waals surface area contributed by atoms with Crippen LogP contribution < -0.4 is 10.6 Å². The maximum atomic E-state index is 9.85. The highest BCUT2D eigenvalue weighted by Gasteiger charge is 2.22. The minimum absolute atomic E-state index is 0.615. The molecule has 0 bridgehead atoms. The van der Waals surface area contributed by atoms with Gasteiger partial charge in [0, 0.05) is 44.1 Å². The number of nitrogen functional groups attached to an aromatic ring is 1. The monoisotopic (exact) mass is 263 g/mol. The number of β-amino-alcohol motifs (C(OH)–C–C–N with tert-alkyl or cyclic N) is 1. The van der Waals surface area contributed by atoms with E-state index < -0.39 is 5.60 Å². The van der Waals surface area contributed by atoms with Crippen LogP contribution in [-0.2, 0) is 0 Å². The van der Waals surface area contributed by atoms with Crippen molar-refractivity contribution in [2.75, 3.05) is 43.4 Å². The molecule has 1 aromatic rings. The first-order chi connectivity index (χ1) is 8.85. The minimum atomic E-state index is -0.615. The average molecular weight is 263 g/mol. The lowest BCUT2D eigenvalue weighted by atomic mass is 10.1. The van der Waals surface area contributed by atoms with Gasteiger partial charge in [0.25, 0.3) is 0 Å². The van der Waals surface area contributed by atoms with Crippen LogP contribution in [0.5, 0.6) is 0 Å². The minimum Gasteiger partial charge on any atom is -0.398 e. The number of aryl methyl sites for hydroxylation is 1. The molecular weight excluding hydrogens is 238 g/mol. The number of rotatable bonds is 3. The number of hydrogen-bond acceptors (Lipinski definition) is 4. The lowest BCUT2D eigenvalue weighted by Gasteiger charge is -2.38. The lowest BCUT2D eigenvalue weighted by molar-refractivity contribution is 0.0345. The van der Waals surface area contributed by atoms with Crippen LogP contribution in [0, 0.1) is 6.92 Å². The highest BCUT2D eigenvalue weighted by molar-refractivity contribution is 5.59. The number of nitrogens with two attached hydrogens (primary N) is 1. The Morgan fingerprint density at radius 3 is 2.37 bits per heavy atom. The van der Waals surface area contributed by atoms with Crippen molar-refractivity contribution in [3.8, 4) is 0 Å². The molecule has 1 fully saturated rings. The van der Waals surface area contributed by atoms with Gasteiger partial charge in [0.15, 0.2) is 0 Å². The Labute approximate surface area is 115 Å². The summed E-state index contributed by atoms with van der Waals surface area (Å²) in [5.74, 6) is 0. The molecule has 0 atom stereocenters. The molecule has 0 radical (unpaired) electrons. The van der Waals surface area contributed by atoms with Crippen molar-refractivity contribution in [1.82, 2.24) is 4.90 Å². The van der Waals surface area contributed by atoms with Crippen LogP contribution in [0.4, 0.5) is 11.4 Å². The van der Waals surface area contributed by atoms with Gasteiger partial charge in [-0.15, -0.1) is 0 Å². The molecule has 4 heteroatoms. The maximum absolute atomic E-state index is 9.85. The zero-order chi connectivity index (χ0) is 14.0. The SMILES string of the molecule is Cc1ccc(N2CCN(CC(C)(C)O)CC2)cc1N. The zero-order valence-electron chi connectivity index (χ0n) is 12.2. The number of aliphatic hydroxyl groups is 1. The van der Waals surface area contributed by atoms with E-state index in [9.17, 15) is 5.11 Å². The third-order valence-electron chi connectivity index (χ3n) is 3.61. The summed E-state index contributed by atoms with van der Waals surface area (Å²) in [7, 11) is 0. The predicted molar refractivity (Wildman–Crippen MR) is 80.5 cm³/mol. The number of piperazine rings is 1. The van der Waals surface area contributed by atoms with Gasteiger partial charge in [-0.3, -0.25) is 4.90 Å². The number of nitrogens with zero attached hydrogens (tertiary/aromatic N) is 2. The average Bonchev–Trinajstić information content (AvgIpc) is 2.32. The van der Waals surface area contributed by atoms with Gasteiger partial charge in [0.2, 0.25) is 0 Å². The fourth-order valence-corrected chi connectivity index (χ4v) is 2.54. The van der Waals surface area contributed by atoms with Crippen LogP contribution in [0.15, 0.2) is 18.2 Å². The summed E-state index contributed by atoms with van der Waals surface area (Å²) in [6.45, 7) is 10.4. The molecule has 2 rings (SSSR count). The van der Waals surface area contributed by atoms with E-state index in [4.69, 9.17) is 5.73 Å². The Hall–Kier alpha value is -1.26. The summed E-state index contributed by atoms with van der Waals surface area (Å²) in [4.78, 5) is 4.67. The van der Waals surface area contributed by atoms with Crippen LogP contribution in [0.1, 0.15) is 19.4 Å². The molecule has 0 aliphatic carbocycles. The van der Waals surface area contributed by atoms with E-state index in [0.29, 0.717) is 0 Å². The largest absolute Gasteiger partial charge is 0.398 e. The molecular formula is C15H25N3O. The van der Waals surface area contributed by atoms with Crippen LogP contribution in [0.2, 0.25) is 0 Å². The quantitative estimate of drug-likeness (QED) is 0.811. The van der Waals surface area contributed by atoms with Gasteiger partial charge < -0.3 is 15.7 Å². The molecule has 19 heavy (non-hydrogen) atoms. The molecule has 4 nitrogen and oxygen atoms in total. The van der Waals surface area contributed by atoms with Crippen LogP contribution in [0.25, 0.3) is 0 Å². The highest BCUT2D eigenvalue weighted by Crippen LogP contribution is 2.22. The molecule has 1 aliphatic rings. The second kappa shape index (κ2) is 5.39. The van der Waals surface area contributed by atoms with Gasteiger partial charge in [-0.25, -0.2) is 0 Å². The van der Waals surface area contributed by atoms with Crippen molar-refractivity contribution < 1.29 is 5.11 Å². The Morgan fingerprint density at radius 2 is 1.84 bits per heavy atom. The van der Waals surface area contributed by atoms with Crippen LogP contribution >= 0.6 is 0 Å². The van der Waals surface area contributed by atoms with Crippen molar-refractivity contribution in [1.29, 1.82) is 0 Å². The van der Waals surface area contributed by atoms with Crippen molar-refractivity contribution >= 4 is 11.4 Å². The molecule has 3 N–H and O–H groups in total. The Bertz CT molecular complexity index is 432. The first kappa shape index (κ1) is 14.2. The van der Waals surface area contributed by atoms with E-state index in [1.165, 1.54) is 5.69 Å². The second-order valence-corrected chi connectivity index (χ2v) is 6.12. The molecule has 0 aromatic heterocycles. The van der Waals surface area contributed by atoms with Gasteiger partial charge in [-0.1, -0.05) is 6.07 Å². The molecule has 1 aromatic carbocycles. The third kappa shape index (κ3) is 3.85. The molecule has 1 aliphatic heterocycles. The predicted octanol–water partition coefficient (Wildman–Crippen LogP) is 1.47. The van der Waals surface area contributed by atoms with Crippen molar-refractivity contribution in [2.45, 2.75) is 26.4 Å². The van der Waals surface area contributed by atoms with Gasteiger partial charge in [0.1, 0.15) is 0 Å². The van der Waals surface area contributed by atoms with Gasteiger partial charge in [-0.2, -0.15) is 0 Å². The smallest absolute Gasteiger partial charge is 0.0718 e. The second-order valence-electron chi connectivity index (χ2n) is 6.12. The Balaban J connectivity index is 1.94. The number of anilines is 2. The van der Waals surface area contributed by atoms with Crippen LogP contribution in [-0.4, -0.2) is 48.3 Å². The lowest BCUT2D eigenvalue weighted by Crippen LogP contribution is -2.50. The molecule has 0 amide bonds. The van der Waals surface area contributed by atoms with Crippen molar-refractivity contribution in [3.05, 3.63) is 23.8 Å². The molecule has 1 saturated heterocycles. The summed E-state index contributed by atoms with van der Waals surface area (Å²) in [6, 6.07) is 6.27. The molecule has 0 unspecified atom stereocenters. The summed E-state index contributed by atoms with van der Waals surface area (Å²) in [6.07, 6.45) is 0. The fraction of sp³-hybridized carbons (Fsp3) is 0.600.